The summed E-state index contributed by atoms with van der Waals surface area (Å²) in [5.41, 5.74) is 3.45. The van der Waals surface area contributed by atoms with Crippen molar-refractivity contribution in [2.24, 2.45) is 0 Å². The van der Waals surface area contributed by atoms with Crippen LogP contribution in [-0.2, 0) is 0 Å². The van der Waals surface area contributed by atoms with Gasteiger partial charge in [0.15, 0.2) is 5.58 Å². The molecule has 1 aliphatic rings. The summed E-state index contributed by atoms with van der Waals surface area (Å²) in [6.07, 6.45) is 5.03. The highest BCUT2D eigenvalue weighted by Gasteiger charge is 2.29. The molecule has 1 saturated heterocycles. The number of nitrogens with zero attached hydrogens (tertiary/aromatic N) is 3. The first kappa shape index (κ1) is 20.5. The lowest BCUT2D eigenvalue weighted by atomic mass is 10.1. The summed E-state index contributed by atoms with van der Waals surface area (Å²) in [7, 11) is 0. The Bertz CT molecular complexity index is 1150. The third-order valence-electron chi connectivity index (χ3n) is 5.26. The number of furan rings is 1. The molecule has 0 saturated carbocycles. The zero-order valence-electron chi connectivity index (χ0n) is 17.1. The summed E-state index contributed by atoms with van der Waals surface area (Å²) >= 11 is 0. The van der Waals surface area contributed by atoms with Crippen LogP contribution in [0.2, 0.25) is 0 Å². The number of pyridine rings is 2. The lowest BCUT2D eigenvalue weighted by molar-refractivity contribution is 0.102. The van der Waals surface area contributed by atoms with Crippen molar-refractivity contribution in [2.75, 3.05) is 23.3 Å². The largest absolute Gasteiger partial charge is 0.465 e. The fraction of sp³-hybridized carbons (Fsp3) is 0.273. The van der Waals surface area contributed by atoms with Gasteiger partial charge < -0.3 is 20.2 Å². The number of allylic oxidation sites excluding steroid dienone is 1. The van der Waals surface area contributed by atoms with E-state index in [9.17, 15) is 14.7 Å². The van der Waals surface area contributed by atoms with E-state index in [0.29, 0.717) is 29.0 Å². The smallest absolute Gasteiger partial charge is 0.412 e. The van der Waals surface area contributed by atoms with Gasteiger partial charge in [0.2, 0.25) is 0 Å². The van der Waals surface area contributed by atoms with Crippen molar-refractivity contribution in [3.8, 4) is 0 Å². The van der Waals surface area contributed by atoms with E-state index in [1.807, 2.05) is 6.92 Å². The Morgan fingerprint density at radius 2 is 2.19 bits per heavy atom. The van der Waals surface area contributed by atoms with Crippen molar-refractivity contribution in [2.45, 2.75) is 25.8 Å². The van der Waals surface area contributed by atoms with Gasteiger partial charge in [0.1, 0.15) is 17.5 Å². The molecule has 3 N–H and O–H groups in total. The Balaban J connectivity index is 1.65. The summed E-state index contributed by atoms with van der Waals surface area (Å²) in [4.78, 5) is 34.8. The van der Waals surface area contributed by atoms with Crippen LogP contribution in [0.15, 0.2) is 47.9 Å². The zero-order chi connectivity index (χ0) is 22.0. The van der Waals surface area contributed by atoms with E-state index in [4.69, 9.17) is 4.42 Å². The summed E-state index contributed by atoms with van der Waals surface area (Å²) in [6.45, 7) is 7.15. The van der Waals surface area contributed by atoms with Crippen molar-refractivity contribution in [1.29, 1.82) is 0 Å². The Morgan fingerprint density at radius 3 is 2.90 bits per heavy atom. The van der Waals surface area contributed by atoms with E-state index >= 15 is 0 Å². The molecule has 2 amide bonds. The van der Waals surface area contributed by atoms with E-state index in [0.717, 1.165) is 30.5 Å². The normalized spacial score (nSPS) is 16.1. The van der Waals surface area contributed by atoms with Gasteiger partial charge in [-0.05, 0) is 50.1 Å². The van der Waals surface area contributed by atoms with Crippen LogP contribution >= 0.6 is 0 Å². The van der Waals surface area contributed by atoms with Gasteiger partial charge in [-0.1, -0.05) is 6.58 Å². The van der Waals surface area contributed by atoms with Gasteiger partial charge in [-0.2, -0.15) is 0 Å². The minimum absolute atomic E-state index is 0.174. The maximum atomic E-state index is 12.9. The summed E-state index contributed by atoms with van der Waals surface area (Å²) in [6, 6.07) is 4.58. The molecule has 1 atom stereocenters. The van der Waals surface area contributed by atoms with Crippen LogP contribution < -0.4 is 15.5 Å². The summed E-state index contributed by atoms with van der Waals surface area (Å²) in [5.74, 6) is -0.475. The SMILES string of the molecule is C=C(C)c1coc2ccc(C(=O)Nc3cnccc3N(C(=O)O)C3CCCNC3)nc12. The topological polar surface area (TPSA) is 121 Å². The first-order chi connectivity index (χ1) is 15.0. The number of carbonyl (C=O) groups excluding carboxylic acids is 1. The highest BCUT2D eigenvalue weighted by atomic mass is 16.4. The fourth-order valence-electron chi connectivity index (χ4n) is 3.73. The molecular weight excluding hydrogens is 398 g/mol. The number of carboxylic acid groups (broad SMARTS) is 1. The number of piperidine rings is 1. The highest BCUT2D eigenvalue weighted by molar-refractivity contribution is 6.07. The molecule has 9 heteroatoms. The van der Waals surface area contributed by atoms with Crippen molar-refractivity contribution < 1.29 is 19.1 Å². The van der Waals surface area contributed by atoms with Gasteiger partial charge >= 0.3 is 6.09 Å². The maximum absolute atomic E-state index is 12.9. The van der Waals surface area contributed by atoms with Gasteiger partial charge in [-0.25, -0.2) is 9.78 Å². The number of rotatable bonds is 5. The number of amides is 2. The number of hydrogen-bond donors (Lipinski definition) is 3. The van der Waals surface area contributed by atoms with Crippen LogP contribution in [-0.4, -0.2) is 46.2 Å². The number of carbonyl (C=O) groups is 2. The molecule has 0 aliphatic carbocycles. The predicted molar refractivity (Wildman–Crippen MR) is 117 cm³/mol. The van der Waals surface area contributed by atoms with E-state index in [2.05, 4.69) is 27.2 Å². The van der Waals surface area contributed by atoms with Crippen molar-refractivity contribution in [3.63, 3.8) is 0 Å². The van der Waals surface area contributed by atoms with Crippen LogP contribution in [0, 0.1) is 0 Å². The van der Waals surface area contributed by atoms with Crippen LogP contribution in [0.1, 0.15) is 35.8 Å². The van der Waals surface area contributed by atoms with Crippen LogP contribution in [0.25, 0.3) is 16.7 Å². The molecule has 3 aromatic heterocycles. The van der Waals surface area contributed by atoms with Gasteiger partial charge in [-0.3, -0.25) is 14.7 Å². The van der Waals surface area contributed by atoms with Gasteiger partial charge in [0, 0.05) is 18.3 Å². The molecule has 3 aromatic rings. The third-order valence-corrected chi connectivity index (χ3v) is 5.26. The van der Waals surface area contributed by atoms with Crippen LogP contribution in [0.4, 0.5) is 16.2 Å². The molecule has 0 spiro atoms. The van der Waals surface area contributed by atoms with E-state index < -0.39 is 12.0 Å². The van der Waals surface area contributed by atoms with Crippen LogP contribution in [0.3, 0.4) is 0 Å². The number of aromatic nitrogens is 2. The quantitative estimate of drug-likeness (QED) is 0.574. The number of fused-ring (bicyclic) bond motifs is 1. The first-order valence-corrected chi connectivity index (χ1v) is 9.98. The average Bonchev–Trinajstić information content (AvgIpc) is 3.19. The monoisotopic (exact) mass is 421 g/mol. The number of nitrogens with one attached hydrogen (secondary N) is 2. The number of anilines is 2. The molecule has 4 rings (SSSR count). The minimum Gasteiger partial charge on any atom is -0.465 e. The van der Waals surface area contributed by atoms with Crippen LogP contribution in [0.5, 0.6) is 0 Å². The van der Waals surface area contributed by atoms with Crippen molar-refractivity contribution >= 4 is 40.0 Å². The molecule has 0 radical (unpaired) electrons. The lowest BCUT2D eigenvalue weighted by Gasteiger charge is -2.33. The molecule has 1 unspecified atom stereocenters. The standard InChI is InChI=1S/C22H23N5O4/c1-13(2)15-12-31-19-6-5-16(25-20(15)19)21(28)26-17-11-24-9-7-18(17)27(22(29)30)14-4-3-8-23-10-14/h5-7,9,11-12,14,23H,1,3-4,8,10H2,2H3,(H,26,28)(H,29,30). The molecule has 1 fully saturated rings. The van der Waals surface area contributed by atoms with Gasteiger partial charge in [0.05, 0.1) is 23.6 Å². The second-order valence-corrected chi connectivity index (χ2v) is 7.47. The second kappa shape index (κ2) is 8.57. The summed E-state index contributed by atoms with van der Waals surface area (Å²) in [5, 5.41) is 15.9. The molecule has 1 aliphatic heterocycles. The van der Waals surface area contributed by atoms with Crippen molar-refractivity contribution in [3.05, 3.63) is 54.7 Å². The molecule has 9 nitrogen and oxygen atoms in total. The first-order valence-electron chi connectivity index (χ1n) is 9.98. The Labute approximate surface area is 178 Å². The van der Waals surface area contributed by atoms with Gasteiger partial charge in [-0.15, -0.1) is 0 Å². The lowest BCUT2D eigenvalue weighted by Crippen LogP contribution is -2.48. The van der Waals surface area contributed by atoms with Crippen molar-refractivity contribution in [1.82, 2.24) is 15.3 Å². The molecule has 4 heterocycles. The third kappa shape index (κ3) is 4.13. The Morgan fingerprint density at radius 1 is 1.35 bits per heavy atom. The van der Waals surface area contributed by atoms with Gasteiger partial charge in [0.25, 0.3) is 5.91 Å². The number of hydrogen-bond acceptors (Lipinski definition) is 6. The molecule has 31 heavy (non-hydrogen) atoms. The molecule has 0 aromatic carbocycles. The molecule has 160 valence electrons. The van der Waals surface area contributed by atoms with E-state index in [1.165, 1.54) is 17.3 Å². The Kier molecular flexibility index (Phi) is 5.68. The predicted octanol–water partition coefficient (Wildman–Crippen LogP) is 3.74. The highest BCUT2D eigenvalue weighted by Crippen LogP contribution is 2.29. The fourth-order valence-corrected chi connectivity index (χ4v) is 3.73. The minimum atomic E-state index is -1.08. The molecule has 0 bridgehead atoms. The second-order valence-electron chi connectivity index (χ2n) is 7.47. The zero-order valence-corrected chi connectivity index (χ0v) is 17.1. The average molecular weight is 421 g/mol. The Hall–Kier alpha value is -3.72. The maximum Gasteiger partial charge on any atom is 0.412 e. The molecular formula is C22H23N5O4. The van der Waals surface area contributed by atoms with E-state index in [-0.39, 0.29) is 11.7 Å². The van der Waals surface area contributed by atoms with E-state index in [1.54, 1.807) is 24.5 Å². The summed E-state index contributed by atoms with van der Waals surface area (Å²) < 4.78 is 5.46.